The number of hydrogen-bond acceptors (Lipinski definition) is 2. The van der Waals surface area contributed by atoms with Crippen molar-refractivity contribution in [3.63, 3.8) is 0 Å². The van der Waals surface area contributed by atoms with E-state index in [0.29, 0.717) is 5.52 Å². The molecular formula is C6H3BrClN3. The molecule has 0 bridgehead atoms. The lowest BCUT2D eigenvalue weighted by molar-refractivity contribution is 0.903. The smallest absolute Gasteiger partial charge is 0.235 e. The van der Waals surface area contributed by atoms with Gasteiger partial charge in [0.2, 0.25) is 5.28 Å². The van der Waals surface area contributed by atoms with Crippen LogP contribution in [0.25, 0.3) is 5.52 Å². The Balaban J connectivity index is 2.93. The molecule has 0 amide bonds. The van der Waals surface area contributed by atoms with Gasteiger partial charge < -0.3 is 0 Å². The third kappa shape index (κ3) is 1.12. The summed E-state index contributed by atoms with van der Waals surface area (Å²) in [6.45, 7) is 0. The number of rotatable bonds is 0. The van der Waals surface area contributed by atoms with Gasteiger partial charge in [-0.05, 0) is 33.6 Å². The number of hydrogen-bond donors (Lipinski definition) is 0. The Labute approximate surface area is 77.5 Å². The average Bonchev–Trinajstić information content (AvgIpc) is 2.31. The minimum absolute atomic E-state index is 0.0793. The molecule has 2 aromatic rings. The van der Waals surface area contributed by atoms with Crippen LogP contribution in [0.2, 0.25) is 5.28 Å². The van der Waals surface area contributed by atoms with Crippen LogP contribution in [-0.2, 0) is 0 Å². The highest BCUT2D eigenvalue weighted by atomic mass is 79.9. The monoisotopic (exact) mass is 232 g/mol. The highest BCUT2D eigenvalue weighted by Gasteiger charge is 1.99. The summed E-state index contributed by atoms with van der Waals surface area (Å²) in [5.74, 6) is 0. The van der Waals surface area contributed by atoms with Gasteiger partial charge >= 0.3 is 0 Å². The van der Waals surface area contributed by atoms with Crippen molar-refractivity contribution in [1.29, 1.82) is 0 Å². The van der Waals surface area contributed by atoms with E-state index < -0.39 is 0 Å². The molecule has 2 aromatic heterocycles. The third-order valence-electron chi connectivity index (χ3n) is 1.26. The molecule has 2 rings (SSSR count). The fourth-order valence-electron chi connectivity index (χ4n) is 0.797. The van der Waals surface area contributed by atoms with E-state index in [0.717, 1.165) is 4.47 Å². The fraction of sp³-hybridized carbons (Fsp3) is 0. The second-order valence-corrected chi connectivity index (χ2v) is 3.14. The zero-order valence-corrected chi connectivity index (χ0v) is 7.59. The summed E-state index contributed by atoms with van der Waals surface area (Å²) in [5.41, 5.74) is 0.624. The van der Waals surface area contributed by atoms with Crippen molar-refractivity contribution in [3.8, 4) is 0 Å². The maximum Gasteiger partial charge on any atom is 0.241 e. The maximum atomic E-state index is 7.48. The van der Waals surface area contributed by atoms with Gasteiger partial charge in [0.25, 0.3) is 0 Å². The lowest BCUT2D eigenvalue weighted by Crippen LogP contribution is -1.91. The summed E-state index contributed by atoms with van der Waals surface area (Å²) in [6.07, 6.45) is 1.83. The molecule has 56 valence electrons. The Morgan fingerprint density at radius 1 is 1.73 bits per heavy atom. The van der Waals surface area contributed by atoms with Crippen molar-refractivity contribution >= 4 is 33.0 Å². The van der Waals surface area contributed by atoms with Gasteiger partial charge in [0.15, 0.2) is 0 Å². The molecule has 0 N–H and O–H groups in total. The largest absolute Gasteiger partial charge is 0.241 e. The van der Waals surface area contributed by atoms with Gasteiger partial charge in [-0.25, -0.2) is 9.50 Å². The van der Waals surface area contributed by atoms with Gasteiger partial charge in [-0.3, -0.25) is 0 Å². The molecule has 0 aliphatic rings. The van der Waals surface area contributed by atoms with Gasteiger partial charge in [-0.2, -0.15) is 0 Å². The summed E-state index contributed by atoms with van der Waals surface area (Å²) in [5, 5.41) is 3.96. The van der Waals surface area contributed by atoms with Crippen molar-refractivity contribution in [2.24, 2.45) is 0 Å². The molecule has 0 aliphatic carbocycles. The Morgan fingerprint density at radius 3 is 3.36 bits per heavy atom. The van der Waals surface area contributed by atoms with E-state index in [-0.39, 0.29) is 11.5 Å². The molecular weight excluding hydrogens is 229 g/mol. The van der Waals surface area contributed by atoms with Crippen LogP contribution in [0.3, 0.4) is 0 Å². The first-order valence-corrected chi connectivity index (χ1v) is 4.02. The average molecular weight is 233 g/mol. The van der Waals surface area contributed by atoms with Crippen LogP contribution in [-0.4, -0.2) is 14.6 Å². The lowest BCUT2D eigenvalue weighted by atomic mass is 10.5. The molecule has 0 saturated heterocycles. The Morgan fingerprint density at radius 2 is 2.55 bits per heavy atom. The van der Waals surface area contributed by atoms with Crippen molar-refractivity contribution in [1.82, 2.24) is 14.6 Å². The fourth-order valence-corrected chi connectivity index (χ4v) is 1.31. The summed E-state index contributed by atoms with van der Waals surface area (Å²) < 4.78 is 9.79. The minimum Gasteiger partial charge on any atom is -0.235 e. The summed E-state index contributed by atoms with van der Waals surface area (Å²) in [4.78, 5) is 3.70. The first kappa shape index (κ1) is 5.97. The molecule has 0 aliphatic heterocycles. The van der Waals surface area contributed by atoms with E-state index in [4.69, 9.17) is 13.0 Å². The van der Waals surface area contributed by atoms with Crippen LogP contribution in [0.5, 0.6) is 0 Å². The van der Waals surface area contributed by atoms with Crippen LogP contribution in [0.4, 0.5) is 0 Å². The third-order valence-corrected chi connectivity index (χ3v) is 2.06. The van der Waals surface area contributed by atoms with Crippen LogP contribution in [0, 0.1) is 0 Å². The molecule has 0 fully saturated rings. The van der Waals surface area contributed by atoms with E-state index in [1.54, 1.807) is 12.3 Å². The van der Waals surface area contributed by atoms with E-state index in [2.05, 4.69) is 26.0 Å². The van der Waals surface area contributed by atoms with Gasteiger partial charge in [-0.15, -0.1) is 5.10 Å². The minimum atomic E-state index is 0.0793. The van der Waals surface area contributed by atoms with E-state index in [1.807, 2.05) is 0 Å². The predicted molar refractivity (Wildman–Crippen MR) is 45.7 cm³/mol. The SMILES string of the molecule is [2H]c1nc(Cl)nn2ccc(Br)c12. The molecule has 0 spiro atoms. The van der Waals surface area contributed by atoms with Crippen LogP contribution < -0.4 is 0 Å². The lowest BCUT2D eigenvalue weighted by Gasteiger charge is -1.92. The van der Waals surface area contributed by atoms with Crippen molar-refractivity contribution in [2.75, 3.05) is 0 Å². The highest BCUT2D eigenvalue weighted by molar-refractivity contribution is 9.10. The zero-order chi connectivity index (χ0) is 8.72. The molecule has 0 radical (unpaired) electrons. The molecule has 0 atom stereocenters. The molecule has 3 nitrogen and oxygen atoms in total. The van der Waals surface area contributed by atoms with Crippen molar-refractivity contribution in [3.05, 3.63) is 28.2 Å². The number of nitrogens with zero attached hydrogens (tertiary/aromatic N) is 3. The molecule has 2 heterocycles. The highest BCUT2D eigenvalue weighted by Crippen LogP contribution is 2.17. The summed E-state index contributed by atoms with van der Waals surface area (Å²) in [7, 11) is 0. The van der Waals surface area contributed by atoms with Crippen LogP contribution >= 0.6 is 27.5 Å². The van der Waals surface area contributed by atoms with E-state index >= 15 is 0 Å². The number of halogens is 2. The van der Waals surface area contributed by atoms with Crippen LogP contribution in [0.1, 0.15) is 1.37 Å². The summed E-state index contributed by atoms with van der Waals surface area (Å²) >= 11 is 8.83. The maximum absolute atomic E-state index is 7.48. The van der Waals surface area contributed by atoms with E-state index in [1.165, 1.54) is 4.52 Å². The first-order valence-electron chi connectivity index (χ1n) is 3.35. The van der Waals surface area contributed by atoms with Gasteiger partial charge in [0.1, 0.15) is 0 Å². The molecule has 0 saturated carbocycles. The normalized spacial score (nSPS) is 12.0. The Bertz CT molecular complexity index is 442. The first-order chi connectivity index (χ1) is 5.68. The quantitative estimate of drug-likeness (QED) is 0.698. The van der Waals surface area contributed by atoms with E-state index in [9.17, 15) is 0 Å². The second kappa shape index (κ2) is 2.46. The van der Waals surface area contributed by atoms with Crippen molar-refractivity contribution < 1.29 is 1.37 Å². The zero-order valence-electron chi connectivity index (χ0n) is 6.25. The second-order valence-electron chi connectivity index (χ2n) is 1.95. The Kier molecular flexibility index (Phi) is 1.33. The molecule has 0 aromatic carbocycles. The van der Waals surface area contributed by atoms with Gasteiger partial charge in [0, 0.05) is 10.7 Å². The Hall–Kier alpha value is -0.610. The van der Waals surface area contributed by atoms with Crippen molar-refractivity contribution in [2.45, 2.75) is 0 Å². The molecule has 0 unspecified atom stereocenters. The number of aromatic nitrogens is 3. The standard InChI is InChI=1S/C6H3BrClN3/c7-4-1-2-11-5(4)3-9-6(8)10-11/h1-3H/i3D. The number of fused-ring (bicyclic) bond motifs is 1. The van der Waals surface area contributed by atoms with Gasteiger partial charge in [-0.1, -0.05) is 0 Å². The topological polar surface area (TPSA) is 30.2 Å². The molecule has 5 heteroatoms. The summed E-state index contributed by atoms with van der Waals surface area (Å²) in [6, 6.07) is 1.79. The molecule has 11 heavy (non-hydrogen) atoms. The predicted octanol–water partition coefficient (Wildman–Crippen LogP) is 2.15. The van der Waals surface area contributed by atoms with Crippen LogP contribution in [0.15, 0.2) is 22.9 Å². The van der Waals surface area contributed by atoms with Gasteiger partial charge in [0.05, 0.1) is 13.1 Å².